The maximum Gasteiger partial charge on any atom is 0.326 e. The molecule has 8 heteroatoms. The lowest BCUT2D eigenvalue weighted by Crippen LogP contribution is -2.46. The van der Waals surface area contributed by atoms with Gasteiger partial charge in [-0.25, -0.2) is 4.79 Å². The predicted molar refractivity (Wildman–Crippen MR) is 83.9 cm³/mol. The van der Waals surface area contributed by atoms with E-state index in [-0.39, 0.29) is 12.5 Å². The molecule has 3 N–H and O–H groups in total. The summed E-state index contributed by atoms with van der Waals surface area (Å²) in [6, 6.07) is -0.952. The molecule has 0 fully saturated rings. The molecule has 1 atom stereocenters. The summed E-state index contributed by atoms with van der Waals surface area (Å²) in [5, 5.41) is 18.0. The van der Waals surface area contributed by atoms with Crippen molar-refractivity contribution in [1.29, 1.82) is 0 Å². The average Bonchev–Trinajstić information content (AvgIpc) is 2.92. The van der Waals surface area contributed by atoms with Crippen molar-refractivity contribution in [2.75, 3.05) is 6.54 Å². The minimum Gasteiger partial charge on any atom is -0.480 e. The zero-order valence-electron chi connectivity index (χ0n) is 13.7. The van der Waals surface area contributed by atoms with Crippen molar-refractivity contribution < 1.29 is 19.5 Å². The molecule has 8 nitrogen and oxygen atoms in total. The van der Waals surface area contributed by atoms with Crippen molar-refractivity contribution in [3.8, 4) is 0 Å². The molecule has 0 saturated heterocycles. The highest BCUT2D eigenvalue weighted by Crippen LogP contribution is 2.04. The van der Waals surface area contributed by atoms with E-state index < -0.39 is 23.8 Å². The molecule has 0 saturated carbocycles. The van der Waals surface area contributed by atoms with Crippen LogP contribution in [0.15, 0.2) is 12.4 Å². The zero-order chi connectivity index (χ0) is 17.4. The highest BCUT2D eigenvalue weighted by Gasteiger charge is 2.21. The van der Waals surface area contributed by atoms with Crippen LogP contribution < -0.4 is 10.6 Å². The van der Waals surface area contributed by atoms with Crippen molar-refractivity contribution in [3.05, 3.63) is 18.0 Å². The van der Waals surface area contributed by atoms with E-state index >= 15 is 0 Å². The molecule has 1 aromatic rings. The third-order valence-corrected chi connectivity index (χ3v) is 3.10. The molecule has 1 heterocycles. The third kappa shape index (κ3) is 6.50. The summed E-state index contributed by atoms with van der Waals surface area (Å²) in [5.41, 5.74) is 0.364. The number of hydrogen-bond donors (Lipinski definition) is 3. The van der Waals surface area contributed by atoms with E-state index in [2.05, 4.69) is 15.7 Å². The maximum atomic E-state index is 11.9. The van der Waals surface area contributed by atoms with Crippen molar-refractivity contribution in [3.63, 3.8) is 0 Å². The van der Waals surface area contributed by atoms with Gasteiger partial charge in [0.25, 0.3) is 5.91 Å². The quantitative estimate of drug-likeness (QED) is 0.617. The Morgan fingerprint density at radius 2 is 2.04 bits per heavy atom. The number of hydrogen-bond acceptors (Lipinski definition) is 4. The molecule has 2 amide bonds. The number of rotatable bonds is 9. The van der Waals surface area contributed by atoms with Crippen molar-refractivity contribution >= 4 is 17.8 Å². The number of nitrogens with zero attached hydrogens (tertiary/aromatic N) is 2. The normalized spacial score (nSPS) is 12.0. The van der Waals surface area contributed by atoms with Crippen LogP contribution in [-0.2, 0) is 16.1 Å². The first-order valence-electron chi connectivity index (χ1n) is 7.66. The molecule has 0 spiro atoms. The van der Waals surface area contributed by atoms with Gasteiger partial charge in [-0.3, -0.25) is 14.3 Å². The fourth-order valence-corrected chi connectivity index (χ4v) is 2.03. The number of amides is 2. The maximum absolute atomic E-state index is 11.9. The summed E-state index contributed by atoms with van der Waals surface area (Å²) in [6.07, 6.45) is 4.27. The first-order valence-corrected chi connectivity index (χ1v) is 7.66. The lowest BCUT2D eigenvalue weighted by atomic mass is 10.0. The van der Waals surface area contributed by atoms with Gasteiger partial charge >= 0.3 is 5.97 Å². The highest BCUT2D eigenvalue weighted by molar-refractivity contribution is 5.96. The van der Waals surface area contributed by atoms with Gasteiger partial charge in [0.1, 0.15) is 6.04 Å². The number of carbonyl (C=O) groups excluding carboxylic acids is 2. The topological polar surface area (TPSA) is 113 Å². The van der Waals surface area contributed by atoms with E-state index in [0.717, 1.165) is 6.42 Å². The SMILES string of the molecule is CCCn1cc(C(=O)NCC(=O)N[C@@H](CC(C)C)C(=O)O)cn1. The summed E-state index contributed by atoms with van der Waals surface area (Å²) in [4.78, 5) is 34.8. The average molecular weight is 324 g/mol. The van der Waals surface area contributed by atoms with Crippen molar-refractivity contribution in [2.24, 2.45) is 5.92 Å². The van der Waals surface area contributed by atoms with Crippen LogP contribution in [0.5, 0.6) is 0 Å². The molecule has 0 aliphatic carbocycles. The Labute approximate surface area is 135 Å². The third-order valence-electron chi connectivity index (χ3n) is 3.10. The van der Waals surface area contributed by atoms with Crippen LogP contribution >= 0.6 is 0 Å². The molecule has 0 aliphatic rings. The van der Waals surface area contributed by atoms with E-state index in [0.29, 0.717) is 18.5 Å². The summed E-state index contributed by atoms with van der Waals surface area (Å²) >= 11 is 0. The molecular weight excluding hydrogens is 300 g/mol. The van der Waals surface area contributed by atoms with Crippen molar-refractivity contribution in [2.45, 2.75) is 46.2 Å². The molecule has 0 aromatic carbocycles. The van der Waals surface area contributed by atoms with Gasteiger partial charge in [-0.2, -0.15) is 5.10 Å². The molecule has 0 unspecified atom stereocenters. The Balaban J connectivity index is 2.47. The van der Waals surface area contributed by atoms with Gasteiger partial charge in [-0.1, -0.05) is 20.8 Å². The molecule has 0 aliphatic heterocycles. The van der Waals surface area contributed by atoms with Gasteiger partial charge in [-0.15, -0.1) is 0 Å². The second kappa shape index (κ2) is 8.92. The van der Waals surface area contributed by atoms with Crippen LogP contribution in [0, 0.1) is 5.92 Å². The van der Waals surface area contributed by atoms with Crippen LogP contribution in [0.2, 0.25) is 0 Å². The van der Waals surface area contributed by atoms with Crippen molar-refractivity contribution in [1.82, 2.24) is 20.4 Å². The minimum atomic E-state index is -1.08. The Morgan fingerprint density at radius 1 is 1.35 bits per heavy atom. The van der Waals surface area contributed by atoms with E-state index in [1.807, 2.05) is 20.8 Å². The number of carboxylic acid groups (broad SMARTS) is 1. The Kier molecular flexibility index (Phi) is 7.24. The molecular formula is C15H24N4O4. The Bertz CT molecular complexity index is 553. The molecule has 128 valence electrons. The number of aliphatic carboxylic acids is 1. The monoisotopic (exact) mass is 324 g/mol. The lowest BCUT2D eigenvalue weighted by Gasteiger charge is -2.16. The number of carboxylic acids is 1. The number of carbonyl (C=O) groups is 3. The van der Waals surface area contributed by atoms with Gasteiger partial charge in [0, 0.05) is 12.7 Å². The lowest BCUT2D eigenvalue weighted by molar-refractivity contribution is -0.142. The Hall–Kier alpha value is -2.38. The van der Waals surface area contributed by atoms with E-state index in [1.165, 1.54) is 6.20 Å². The zero-order valence-corrected chi connectivity index (χ0v) is 13.7. The molecule has 1 rings (SSSR count). The number of aromatic nitrogens is 2. The molecule has 0 radical (unpaired) electrons. The van der Waals surface area contributed by atoms with E-state index in [9.17, 15) is 14.4 Å². The second-order valence-corrected chi connectivity index (χ2v) is 5.76. The first kappa shape index (κ1) is 18.7. The molecule has 23 heavy (non-hydrogen) atoms. The smallest absolute Gasteiger partial charge is 0.326 e. The minimum absolute atomic E-state index is 0.135. The van der Waals surface area contributed by atoms with E-state index in [4.69, 9.17) is 5.11 Å². The highest BCUT2D eigenvalue weighted by atomic mass is 16.4. The summed E-state index contributed by atoms with van der Waals surface area (Å²) in [5.74, 6) is -1.90. The summed E-state index contributed by atoms with van der Waals surface area (Å²) in [7, 11) is 0. The number of aryl methyl sites for hydroxylation is 1. The van der Waals surface area contributed by atoms with Crippen LogP contribution in [0.25, 0.3) is 0 Å². The van der Waals surface area contributed by atoms with E-state index in [1.54, 1.807) is 10.9 Å². The van der Waals surface area contributed by atoms with Crippen LogP contribution in [0.1, 0.15) is 44.0 Å². The van der Waals surface area contributed by atoms with Gasteiger partial charge in [0.05, 0.1) is 18.3 Å². The van der Waals surface area contributed by atoms with Gasteiger partial charge in [0.2, 0.25) is 5.91 Å². The fourth-order valence-electron chi connectivity index (χ4n) is 2.03. The van der Waals surface area contributed by atoms with Gasteiger partial charge < -0.3 is 15.7 Å². The summed E-state index contributed by atoms with van der Waals surface area (Å²) < 4.78 is 1.65. The standard InChI is InChI=1S/C15H24N4O4/c1-4-5-19-9-11(7-17-19)14(21)16-8-13(20)18-12(15(22)23)6-10(2)3/h7,9-10,12H,4-6,8H2,1-3H3,(H,16,21)(H,18,20)(H,22,23)/t12-/m0/s1. The van der Waals surface area contributed by atoms with Crippen LogP contribution in [0.4, 0.5) is 0 Å². The van der Waals surface area contributed by atoms with Crippen LogP contribution in [0.3, 0.4) is 0 Å². The predicted octanol–water partition coefficient (Wildman–Crippen LogP) is 0.638. The second-order valence-electron chi connectivity index (χ2n) is 5.76. The van der Waals surface area contributed by atoms with Gasteiger partial charge in [0.15, 0.2) is 0 Å². The van der Waals surface area contributed by atoms with Crippen LogP contribution in [-0.4, -0.2) is 45.3 Å². The number of nitrogens with one attached hydrogen (secondary N) is 2. The molecule has 1 aromatic heterocycles. The molecule has 0 bridgehead atoms. The Morgan fingerprint density at radius 3 is 2.61 bits per heavy atom. The largest absolute Gasteiger partial charge is 0.480 e. The fraction of sp³-hybridized carbons (Fsp3) is 0.600. The van der Waals surface area contributed by atoms with Gasteiger partial charge in [-0.05, 0) is 18.8 Å². The summed E-state index contributed by atoms with van der Waals surface area (Å²) in [6.45, 7) is 6.18. The first-order chi connectivity index (χ1) is 10.8.